The molecule has 0 amide bonds. The Bertz CT molecular complexity index is 685. The minimum atomic E-state index is -0.328. The lowest BCUT2D eigenvalue weighted by Gasteiger charge is -2.19. The van der Waals surface area contributed by atoms with Crippen molar-refractivity contribution in [1.29, 1.82) is 0 Å². The van der Waals surface area contributed by atoms with Gasteiger partial charge in [0.05, 0.1) is 19.8 Å². The van der Waals surface area contributed by atoms with Crippen molar-refractivity contribution in [1.82, 2.24) is 0 Å². The summed E-state index contributed by atoms with van der Waals surface area (Å²) in [5, 5.41) is 0.691. The Labute approximate surface area is 129 Å². The zero-order valence-corrected chi connectivity index (χ0v) is 12.9. The van der Waals surface area contributed by atoms with Gasteiger partial charge in [0.25, 0.3) is 0 Å². The summed E-state index contributed by atoms with van der Waals surface area (Å²) in [5.41, 5.74) is 10.6. The molecule has 1 aliphatic heterocycles. The SMILES string of the molecule is COc1ccc(C)cc1C(N)c1cc(Cl)cc2c1OCC2. The number of benzene rings is 2. The van der Waals surface area contributed by atoms with Gasteiger partial charge in [-0.25, -0.2) is 0 Å². The normalized spacial score (nSPS) is 14.5. The number of halogens is 1. The largest absolute Gasteiger partial charge is 0.496 e. The summed E-state index contributed by atoms with van der Waals surface area (Å²) < 4.78 is 11.2. The van der Waals surface area contributed by atoms with E-state index in [1.54, 1.807) is 7.11 Å². The molecule has 0 spiro atoms. The van der Waals surface area contributed by atoms with Gasteiger partial charge in [-0.05, 0) is 30.7 Å². The minimum absolute atomic E-state index is 0.328. The summed E-state index contributed by atoms with van der Waals surface area (Å²) in [4.78, 5) is 0. The standard InChI is InChI=1S/C17H18ClNO2/c1-10-3-4-15(20-2)13(7-10)16(19)14-9-12(18)8-11-5-6-21-17(11)14/h3-4,7-9,16H,5-6,19H2,1-2H3. The van der Waals surface area contributed by atoms with Gasteiger partial charge in [0.1, 0.15) is 11.5 Å². The Kier molecular flexibility index (Phi) is 3.79. The van der Waals surface area contributed by atoms with E-state index in [1.165, 1.54) is 0 Å². The Hall–Kier alpha value is -1.71. The summed E-state index contributed by atoms with van der Waals surface area (Å²) in [7, 11) is 1.65. The molecule has 0 radical (unpaired) electrons. The molecule has 0 aromatic heterocycles. The third-order valence-electron chi connectivity index (χ3n) is 3.83. The number of methoxy groups -OCH3 is 1. The third-order valence-corrected chi connectivity index (χ3v) is 4.05. The van der Waals surface area contributed by atoms with E-state index in [0.29, 0.717) is 11.6 Å². The molecule has 2 aromatic carbocycles. The highest BCUT2D eigenvalue weighted by Crippen LogP contribution is 2.39. The van der Waals surface area contributed by atoms with Crippen LogP contribution in [-0.2, 0) is 6.42 Å². The molecule has 0 saturated heterocycles. The summed E-state index contributed by atoms with van der Waals surface area (Å²) >= 11 is 6.22. The van der Waals surface area contributed by atoms with Crippen molar-refractivity contribution in [2.24, 2.45) is 5.73 Å². The lowest BCUT2D eigenvalue weighted by molar-refractivity contribution is 0.352. The van der Waals surface area contributed by atoms with Crippen LogP contribution < -0.4 is 15.2 Å². The number of rotatable bonds is 3. The fourth-order valence-corrected chi connectivity index (χ4v) is 3.04. The fourth-order valence-electron chi connectivity index (χ4n) is 2.79. The predicted molar refractivity (Wildman–Crippen MR) is 84.4 cm³/mol. The minimum Gasteiger partial charge on any atom is -0.496 e. The van der Waals surface area contributed by atoms with Crippen molar-refractivity contribution in [2.75, 3.05) is 13.7 Å². The molecule has 2 N–H and O–H groups in total. The van der Waals surface area contributed by atoms with Gasteiger partial charge in [0.15, 0.2) is 0 Å². The van der Waals surface area contributed by atoms with Crippen LogP contribution in [-0.4, -0.2) is 13.7 Å². The molecule has 3 nitrogen and oxygen atoms in total. The summed E-state index contributed by atoms with van der Waals surface area (Å²) in [6.45, 7) is 2.72. The highest BCUT2D eigenvalue weighted by molar-refractivity contribution is 6.30. The molecule has 0 saturated carbocycles. The molecule has 4 heteroatoms. The molecule has 0 fully saturated rings. The van der Waals surface area contributed by atoms with Crippen LogP contribution >= 0.6 is 11.6 Å². The third kappa shape index (κ3) is 2.59. The lowest BCUT2D eigenvalue weighted by atomic mass is 9.95. The Morgan fingerprint density at radius 1 is 1.24 bits per heavy atom. The number of aryl methyl sites for hydroxylation is 1. The summed E-state index contributed by atoms with van der Waals surface area (Å²) in [5.74, 6) is 1.65. The Morgan fingerprint density at radius 2 is 2.05 bits per heavy atom. The zero-order chi connectivity index (χ0) is 15.0. The second kappa shape index (κ2) is 5.58. The van der Waals surface area contributed by atoms with E-state index >= 15 is 0 Å². The van der Waals surface area contributed by atoms with Crippen LogP contribution in [0.4, 0.5) is 0 Å². The second-order valence-electron chi connectivity index (χ2n) is 5.30. The van der Waals surface area contributed by atoms with Crippen LogP contribution in [0.2, 0.25) is 5.02 Å². The fraction of sp³-hybridized carbons (Fsp3) is 0.294. The van der Waals surface area contributed by atoms with Crippen LogP contribution in [0.25, 0.3) is 0 Å². The molecule has 3 rings (SSSR count). The maximum atomic E-state index is 6.48. The molecular formula is C17H18ClNO2. The van der Waals surface area contributed by atoms with Crippen molar-refractivity contribution in [3.05, 3.63) is 57.6 Å². The molecular weight excluding hydrogens is 286 g/mol. The first-order valence-electron chi connectivity index (χ1n) is 6.95. The molecule has 110 valence electrons. The molecule has 1 atom stereocenters. The van der Waals surface area contributed by atoms with Crippen molar-refractivity contribution in [2.45, 2.75) is 19.4 Å². The van der Waals surface area contributed by atoms with Crippen molar-refractivity contribution in [3.8, 4) is 11.5 Å². The highest BCUT2D eigenvalue weighted by atomic mass is 35.5. The van der Waals surface area contributed by atoms with Crippen molar-refractivity contribution < 1.29 is 9.47 Å². The van der Waals surface area contributed by atoms with Crippen LogP contribution in [0.5, 0.6) is 11.5 Å². The van der Waals surface area contributed by atoms with Crippen molar-refractivity contribution >= 4 is 11.6 Å². The first-order chi connectivity index (χ1) is 10.1. The number of ether oxygens (including phenoxy) is 2. The van der Waals surface area contributed by atoms with Crippen molar-refractivity contribution in [3.63, 3.8) is 0 Å². The molecule has 0 aliphatic carbocycles. The lowest BCUT2D eigenvalue weighted by Crippen LogP contribution is -2.14. The van der Waals surface area contributed by atoms with Crippen LogP contribution in [0.15, 0.2) is 30.3 Å². The summed E-state index contributed by atoms with van der Waals surface area (Å²) in [6, 6.07) is 9.51. The van der Waals surface area contributed by atoms with Crippen LogP contribution in [0.1, 0.15) is 28.3 Å². The number of hydrogen-bond donors (Lipinski definition) is 1. The Morgan fingerprint density at radius 3 is 2.81 bits per heavy atom. The topological polar surface area (TPSA) is 44.5 Å². The average Bonchev–Trinajstić information content (AvgIpc) is 2.93. The first-order valence-corrected chi connectivity index (χ1v) is 7.33. The van der Waals surface area contributed by atoms with Gasteiger partial charge in [0, 0.05) is 22.6 Å². The zero-order valence-electron chi connectivity index (χ0n) is 12.2. The van der Waals surface area contributed by atoms with E-state index in [1.807, 2.05) is 37.3 Å². The number of hydrogen-bond acceptors (Lipinski definition) is 3. The van der Waals surface area contributed by atoms with E-state index in [0.717, 1.165) is 40.2 Å². The maximum Gasteiger partial charge on any atom is 0.127 e. The van der Waals surface area contributed by atoms with Gasteiger partial charge in [-0.2, -0.15) is 0 Å². The molecule has 0 bridgehead atoms. The van der Waals surface area contributed by atoms with Gasteiger partial charge < -0.3 is 15.2 Å². The van der Waals surface area contributed by atoms with Gasteiger partial charge in [0.2, 0.25) is 0 Å². The molecule has 21 heavy (non-hydrogen) atoms. The van der Waals surface area contributed by atoms with E-state index in [9.17, 15) is 0 Å². The van der Waals surface area contributed by atoms with Gasteiger partial charge >= 0.3 is 0 Å². The number of nitrogens with two attached hydrogens (primary N) is 1. The number of fused-ring (bicyclic) bond motifs is 1. The summed E-state index contributed by atoms with van der Waals surface area (Å²) in [6.07, 6.45) is 0.876. The predicted octanol–water partition coefficient (Wildman–Crippen LogP) is 3.64. The average molecular weight is 304 g/mol. The first kappa shape index (κ1) is 14.2. The smallest absolute Gasteiger partial charge is 0.127 e. The highest BCUT2D eigenvalue weighted by Gasteiger charge is 2.24. The molecule has 2 aromatic rings. The van der Waals surface area contributed by atoms with Gasteiger partial charge in [-0.15, -0.1) is 0 Å². The van der Waals surface area contributed by atoms with E-state index in [-0.39, 0.29) is 6.04 Å². The van der Waals surface area contributed by atoms with Crippen LogP contribution in [0, 0.1) is 6.92 Å². The molecule has 1 aliphatic rings. The van der Waals surface area contributed by atoms with Gasteiger partial charge in [-0.3, -0.25) is 0 Å². The Balaban J connectivity index is 2.11. The quantitative estimate of drug-likeness (QED) is 0.941. The van der Waals surface area contributed by atoms with E-state index in [2.05, 4.69) is 0 Å². The maximum absolute atomic E-state index is 6.48. The van der Waals surface area contributed by atoms with Gasteiger partial charge in [-0.1, -0.05) is 29.3 Å². The molecule has 1 heterocycles. The van der Waals surface area contributed by atoms with Crippen LogP contribution in [0.3, 0.4) is 0 Å². The van der Waals surface area contributed by atoms with E-state index in [4.69, 9.17) is 26.8 Å². The molecule has 1 unspecified atom stereocenters. The second-order valence-corrected chi connectivity index (χ2v) is 5.74. The monoisotopic (exact) mass is 303 g/mol. The van der Waals surface area contributed by atoms with E-state index < -0.39 is 0 Å².